The zero-order chi connectivity index (χ0) is 28.8. The summed E-state index contributed by atoms with van der Waals surface area (Å²) in [6.45, 7) is -0.719. The smallest absolute Gasteiger partial charge is 0.352 e. The molecule has 1 fully saturated rings. The van der Waals surface area contributed by atoms with Gasteiger partial charge in [-0.2, -0.15) is 0 Å². The highest BCUT2D eigenvalue weighted by Gasteiger charge is 2.54. The Hall–Kier alpha value is -4.48. The largest absolute Gasteiger partial charge is 0.480 e. The number of carbonyl (C=O) groups is 5. The fourth-order valence-electron chi connectivity index (χ4n) is 3.52. The Bertz CT molecular complexity index is 1460. The zero-order valence-corrected chi connectivity index (χ0v) is 22.4. The predicted molar refractivity (Wildman–Crippen MR) is 139 cm³/mol. The third kappa shape index (κ3) is 6.05. The molecule has 3 amide bonds. The number of nitrogens with one attached hydrogen (secondary N) is 2. The maximum atomic E-state index is 13.1. The molecule has 208 valence electrons. The molecular weight excluding hydrogens is 590 g/mol. The summed E-state index contributed by atoms with van der Waals surface area (Å²) in [7, 11) is 0. The number of carbonyl (C=O) groups excluding carboxylic acids is 3. The molecule has 4 heterocycles. The maximum Gasteiger partial charge on any atom is 0.352 e. The van der Waals surface area contributed by atoms with E-state index in [1.54, 1.807) is 0 Å². The zero-order valence-electron chi connectivity index (χ0n) is 19.9. The van der Waals surface area contributed by atoms with Crippen LogP contribution in [0.4, 0.5) is 5.13 Å². The normalized spacial score (nSPS) is 18.3. The Morgan fingerprint density at radius 2 is 2.17 bits per heavy atom. The lowest BCUT2D eigenvalue weighted by molar-refractivity contribution is -0.150. The molecule has 1 saturated heterocycles. The van der Waals surface area contributed by atoms with Gasteiger partial charge in [-0.15, -0.1) is 34.6 Å². The molecule has 17 nitrogen and oxygen atoms in total. The molecule has 0 saturated carbocycles. The molecule has 0 aromatic carbocycles. The molecule has 0 aliphatic carbocycles. The predicted octanol–water partition coefficient (Wildman–Crippen LogP) is -1.33. The van der Waals surface area contributed by atoms with E-state index in [1.165, 1.54) is 17.1 Å². The van der Waals surface area contributed by atoms with Gasteiger partial charge in [-0.3, -0.25) is 24.1 Å². The second-order valence-electron chi connectivity index (χ2n) is 7.64. The number of β-lactam (4-membered cyclic amide) rings is 1. The van der Waals surface area contributed by atoms with Gasteiger partial charge in [-0.25, -0.2) is 14.5 Å². The lowest BCUT2D eigenvalue weighted by Gasteiger charge is -2.49. The van der Waals surface area contributed by atoms with Gasteiger partial charge in [0.05, 0.1) is 0 Å². The van der Waals surface area contributed by atoms with Crippen LogP contribution in [0.3, 0.4) is 0 Å². The number of amides is 3. The van der Waals surface area contributed by atoms with Crippen LogP contribution in [0.15, 0.2) is 27.0 Å². The molecule has 2 atom stereocenters. The van der Waals surface area contributed by atoms with Gasteiger partial charge in [0.1, 0.15) is 29.4 Å². The molecule has 4 N–H and O–H groups in total. The molecule has 2 aromatic heterocycles. The number of tetrazole rings is 1. The Labute approximate surface area is 236 Å². The first kappa shape index (κ1) is 28.5. The van der Waals surface area contributed by atoms with Crippen LogP contribution in [0.5, 0.6) is 0 Å². The third-order valence-corrected chi connectivity index (χ3v) is 8.30. The average Bonchev–Trinajstić information content (AvgIpc) is 3.56. The summed E-state index contributed by atoms with van der Waals surface area (Å²) in [6.07, 6.45) is 5.56. The minimum absolute atomic E-state index is 0.0551. The number of aliphatic carboxylic acids is 2. The number of oxime groups is 1. The first-order valence-corrected chi connectivity index (χ1v) is 13.8. The molecule has 20 heteroatoms. The summed E-state index contributed by atoms with van der Waals surface area (Å²) in [4.78, 5) is 70.0. The number of fused-ring (bicyclic) bond motifs is 1. The van der Waals surface area contributed by atoms with Crippen LogP contribution in [0.25, 0.3) is 0 Å². The van der Waals surface area contributed by atoms with Gasteiger partial charge < -0.3 is 25.7 Å². The summed E-state index contributed by atoms with van der Waals surface area (Å²) < 4.78 is 1.06. The van der Waals surface area contributed by atoms with Crippen LogP contribution in [0, 0.1) is 12.3 Å². The van der Waals surface area contributed by atoms with Crippen molar-refractivity contribution in [2.75, 3.05) is 23.4 Å². The number of hydrogen-bond acceptors (Lipinski definition) is 14. The fraction of sp³-hybridized carbons (Fsp3) is 0.300. The van der Waals surface area contributed by atoms with Crippen LogP contribution < -0.4 is 10.6 Å². The lowest BCUT2D eigenvalue weighted by atomic mass is 10.0. The van der Waals surface area contributed by atoms with E-state index in [2.05, 4.69) is 42.2 Å². The molecule has 1 unspecified atom stereocenters. The van der Waals surface area contributed by atoms with E-state index in [-0.39, 0.29) is 45.5 Å². The maximum absolute atomic E-state index is 13.1. The van der Waals surface area contributed by atoms with E-state index >= 15 is 0 Å². The number of anilines is 1. The lowest BCUT2D eigenvalue weighted by Crippen LogP contribution is -2.71. The third-order valence-electron chi connectivity index (χ3n) is 5.14. The summed E-state index contributed by atoms with van der Waals surface area (Å²) in [6, 6.07) is -1.08. The van der Waals surface area contributed by atoms with Crippen molar-refractivity contribution in [2.45, 2.75) is 23.1 Å². The van der Waals surface area contributed by atoms with E-state index in [1.807, 2.05) is 0 Å². The molecule has 2 aromatic rings. The van der Waals surface area contributed by atoms with Crippen LogP contribution in [-0.2, 0) is 35.4 Å². The SMILES string of the molecule is C#CCON=C(C(=O)NC1C(=O)N2C(C(=O)O)=C(CSc3nnnn3CC(=O)O)CS[C@@H]12)c1csc(NC=O)n1. The molecule has 0 spiro atoms. The highest BCUT2D eigenvalue weighted by atomic mass is 32.2. The second-order valence-corrected chi connectivity index (χ2v) is 10.5. The monoisotopic (exact) mass is 607 g/mol. The Balaban J connectivity index is 1.49. The van der Waals surface area contributed by atoms with E-state index in [9.17, 15) is 29.1 Å². The van der Waals surface area contributed by atoms with Crippen molar-refractivity contribution >= 4 is 75.9 Å². The highest BCUT2D eigenvalue weighted by molar-refractivity contribution is 8.01. The van der Waals surface area contributed by atoms with Gasteiger partial charge in [0, 0.05) is 16.9 Å². The Kier molecular flexibility index (Phi) is 8.97. The van der Waals surface area contributed by atoms with Gasteiger partial charge in [0.15, 0.2) is 17.5 Å². The number of aromatic nitrogens is 5. The molecule has 0 radical (unpaired) electrons. The first-order valence-electron chi connectivity index (χ1n) is 10.9. The van der Waals surface area contributed by atoms with E-state index in [0.717, 1.165) is 32.7 Å². The average molecular weight is 608 g/mol. The molecule has 2 aliphatic rings. The van der Waals surface area contributed by atoms with Gasteiger partial charge in [0.2, 0.25) is 11.6 Å². The van der Waals surface area contributed by atoms with Crippen molar-refractivity contribution in [2.24, 2.45) is 5.16 Å². The molecule has 4 rings (SSSR count). The van der Waals surface area contributed by atoms with E-state index in [4.69, 9.17) is 16.4 Å². The quantitative estimate of drug-likeness (QED) is 0.0393. The number of nitrogens with zero attached hydrogens (tertiary/aromatic N) is 7. The topological polar surface area (TPSA) is 231 Å². The van der Waals surface area contributed by atoms with Crippen molar-refractivity contribution in [3.63, 3.8) is 0 Å². The summed E-state index contributed by atoms with van der Waals surface area (Å²) in [5.74, 6) is -1.51. The van der Waals surface area contributed by atoms with Crippen molar-refractivity contribution in [3.8, 4) is 12.3 Å². The van der Waals surface area contributed by atoms with Gasteiger partial charge in [0.25, 0.3) is 11.8 Å². The van der Waals surface area contributed by atoms with Gasteiger partial charge >= 0.3 is 11.9 Å². The number of rotatable bonds is 13. The van der Waals surface area contributed by atoms with Crippen LogP contribution in [-0.4, -0.2) is 106 Å². The highest BCUT2D eigenvalue weighted by Crippen LogP contribution is 2.41. The second kappa shape index (κ2) is 12.6. The summed E-state index contributed by atoms with van der Waals surface area (Å²) >= 11 is 3.28. The number of carboxylic acid groups (broad SMARTS) is 2. The molecule has 40 heavy (non-hydrogen) atoms. The van der Waals surface area contributed by atoms with E-state index < -0.39 is 41.7 Å². The van der Waals surface area contributed by atoms with E-state index in [0.29, 0.717) is 12.0 Å². The van der Waals surface area contributed by atoms with Crippen molar-refractivity contribution in [1.82, 2.24) is 35.4 Å². The number of hydrogen-bond donors (Lipinski definition) is 4. The molecule has 2 aliphatic heterocycles. The van der Waals surface area contributed by atoms with Gasteiger partial charge in [-0.05, 0) is 16.0 Å². The standard InChI is InChI=1S/C20H17N9O8S3/c1-2-3-37-25-12(10-7-39-19(22-10)21-8-30)15(33)23-13-16(34)29-14(18(35)36)9(5-38-17(13)29)6-40-20-24-26-27-28(20)4-11(31)32/h1,7-8,13,17H,3-6H2,(H,23,33)(H,31,32)(H,35,36)(H,21,22,30)/t13?,17-/m0/s1. The Morgan fingerprint density at radius 3 is 2.88 bits per heavy atom. The van der Waals surface area contributed by atoms with Crippen molar-refractivity contribution in [1.29, 1.82) is 0 Å². The van der Waals surface area contributed by atoms with Crippen LogP contribution in [0.1, 0.15) is 5.69 Å². The van der Waals surface area contributed by atoms with Gasteiger partial charge in [-0.1, -0.05) is 22.8 Å². The fourth-order valence-corrected chi connectivity index (χ4v) is 6.54. The number of thioether (sulfide) groups is 2. The first-order chi connectivity index (χ1) is 19.2. The number of carboxylic acids is 2. The number of thiazole rings is 1. The van der Waals surface area contributed by atoms with Crippen molar-refractivity contribution < 1.29 is 39.0 Å². The number of terminal acetylenes is 1. The molecular formula is C20H17N9O8S3. The summed E-state index contributed by atoms with van der Waals surface area (Å²) in [5.41, 5.74) is -0.0918. The summed E-state index contributed by atoms with van der Waals surface area (Å²) in [5, 5.41) is 39.3. The van der Waals surface area contributed by atoms with Crippen LogP contribution >= 0.6 is 34.9 Å². The minimum Gasteiger partial charge on any atom is -0.480 e. The Morgan fingerprint density at radius 1 is 1.38 bits per heavy atom. The molecule has 0 bridgehead atoms. The minimum atomic E-state index is -1.34. The van der Waals surface area contributed by atoms with Crippen LogP contribution in [0.2, 0.25) is 0 Å². The van der Waals surface area contributed by atoms with Crippen molar-refractivity contribution in [3.05, 3.63) is 22.3 Å².